The molecule has 0 fully saturated rings. The SMILES string of the molecule is CCCn1c(=O)c(C)nc2cc(-c3noc(-c4cccs4)n3)ccc21. The van der Waals surface area contributed by atoms with E-state index in [0.29, 0.717) is 24.0 Å². The molecular weight excluding hydrogens is 336 g/mol. The van der Waals surface area contributed by atoms with Gasteiger partial charge in [-0.1, -0.05) is 18.1 Å². The largest absolute Gasteiger partial charge is 0.333 e. The Morgan fingerprint density at radius 1 is 1.24 bits per heavy atom. The van der Waals surface area contributed by atoms with Gasteiger partial charge in [0.2, 0.25) is 5.82 Å². The van der Waals surface area contributed by atoms with Gasteiger partial charge in [-0.3, -0.25) is 4.79 Å². The lowest BCUT2D eigenvalue weighted by Crippen LogP contribution is -2.24. The Bertz CT molecular complexity index is 1100. The fourth-order valence-electron chi connectivity index (χ4n) is 2.80. The van der Waals surface area contributed by atoms with Gasteiger partial charge in [-0.25, -0.2) is 4.98 Å². The van der Waals surface area contributed by atoms with Crippen molar-refractivity contribution in [3.8, 4) is 22.2 Å². The Kier molecular flexibility index (Phi) is 3.93. The average molecular weight is 352 g/mol. The molecule has 0 saturated carbocycles. The van der Waals surface area contributed by atoms with Gasteiger partial charge in [0.15, 0.2) is 0 Å². The van der Waals surface area contributed by atoms with Gasteiger partial charge >= 0.3 is 0 Å². The molecule has 0 unspecified atom stereocenters. The van der Waals surface area contributed by atoms with E-state index in [1.165, 1.54) is 0 Å². The monoisotopic (exact) mass is 352 g/mol. The molecule has 0 aliphatic rings. The fourth-order valence-corrected chi connectivity index (χ4v) is 3.44. The molecule has 126 valence electrons. The van der Waals surface area contributed by atoms with E-state index in [4.69, 9.17) is 4.52 Å². The van der Waals surface area contributed by atoms with Crippen LogP contribution in [0.15, 0.2) is 45.0 Å². The molecule has 0 aliphatic carbocycles. The van der Waals surface area contributed by atoms with Crippen LogP contribution in [0.2, 0.25) is 0 Å². The summed E-state index contributed by atoms with van der Waals surface area (Å²) in [6, 6.07) is 9.58. The maximum absolute atomic E-state index is 12.3. The van der Waals surface area contributed by atoms with Crippen molar-refractivity contribution in [2.45, 2.75) is 26.8 Å². The normalized spacial score (nSPS) is 11.3. The van der Waals surface area contributed by atoms with Crippen LogP contribution >= 0.6 is 11.3 Å². The highest BCUT2D eigenvalue weighted by Crippen LogP contribution is 2.27. The van der Waals surface area contributed by atoms with Gasteiger partial charge < -0.3 is 9.09 Å². The second kappa shape index (κ2) is 6.25. The van der Waals surface area contributed by atoms with Crippen LogP contribution in [0.4, 0.5) is 0 Å². The average Bonchev–Trinajstić information content (AvgIpc) is 3.29. The standard InChI is InChI=1S/C18H16N4O2S/c1-3-8-22-14-7-6-12(10-13(14)19-11(2)18(22)23)16-20-17(24-21-16)15-5-4-9-25-15/h4-7,9-10H,3,8H2,1-2H3. The third-order valence-corrected chi connectivity index (χ3v) is 4.83. The predicted octanol–water partition coefficient (Wildman–Crippen LogP) is 3.89. The molecule has 0 aliphatic heterocycles. The van der Waals surface area contributed by atoms with Crippen molar-refractivity contribution in [1.29, 1.82) is 0 Å². The van der Waals surface area contributed by atoms with Gasteiger partial charge in [0.1, 0.15) is 5.69 Å². The van der Waals surface area contributed by atoms with Crippen molar-refractivity contribution >= 4 is 22.4 Å². The number of aryl methyl sites for hydroxylation is 2. The van der Waals surface area contributed by atoms with Crippen LogP contribution in [-0.4, -0.2) is 19.7 Å². The van der Waals surface area contributed by atoms with Crippen molar-refractivity contribution in [2.24, 2.45) is 0 Å². The fraction of sp³-hybridized carbons (Fsp3) is 0.222. The Hall–Kier alpha value is -2.80. The van der Waals surface area contributed by atoms with E-state index >= 15 is 0 Å². The van der Waals surface area contributed by atoms with Crippen molar-refractivity contribution in [3.05, 3.63) is 51.8 Å². The van der Waals surface area contributed by atoms with Crippen LogP contribution < -0.4 is 5.56 Å². The molecule has 25 heavy (non-hydrogen) atoms. The number of rotatable bonds is 4. The Labute approximate surface area is 147 Å². The van der Waals surface area contributed by atoms with Crippen molar-refractivity contribution < 1.29 is 4.52 Å². The van der Waals surface area contributed by atoms with Crippen LogP contribution in [0.25, 0.3) is 33.2 Å². The van der Waals surface area contributed by atoms with Gasteiger partial charge in [0.05, 0.1) is 15.9 Å². The minimum atomic E-state index is -0.0401. The minimum absolute atomic E-state index is 0.0401. The second-order valence-corrected chi connectivity index (χ2v) is 6.71. The summed E-state index contributed by atoms with van der Waals surface area (Å²) in [5.74, 6) is 1.02. The van der Waals surface area contributed by atoms with Crippen molar-refractivity contribution in [2.75, 3.05) is 0 Å². The molecule has 4 aromatic rings. The molecule has 4 rings (SSSR count). The lowest BCUT2D eigenvalue weighted by Gasteiger charge is -2.10. The van der Waals surface area contributed by atoms with Crippen molar-refractivity contribution in [3.63, 3.8) is 0 Å². The lowest BCUT2D eigenvalue weighted by molar-refractivity contribution is 0.433. The van der Waals surface area contributed by atoms with Crippen LogP contribution in [0.5, 0.6) is 0 Å². The van der Waals surface area contributed by atoms with E-state index < -0.39 is 0 Å². The topological polar surface area (TPSA) is 73.8 Å². The van der Waals surface area contributed by atoms with E-state index in [1.54, 1.807) is 22.8 Å². The molecule has 0 spiro atoms. The van der Waals surface area contributed by atoms with E-state index in [2.05, 4.69) is 15.1 Å². The lowest BCUT2D eigenvalue weighted by atomic mass is 10.1. The molecule has 0 atom stereocenters. The van der Waals surface area contributed by atoms with Crippen LogP contribution in [0.3, 0.4) is 0 Å². The third-order valence-electron chi connectivity index (χ3n) is 3.97. The number of nitrogens with zero attached hydrogens (tertiary/aromatic N) is 4. The number of fused-ring (bicyclic) bond motifs is 1. The molecule has 0 radical (unpaired) electrons. The maximum atomic E-state index is 12.3. The zero-order valence-corrected chi connectivity index (χ0v) is 14.7. The summed E-state index contributed by atoms with van der Waals surface area (Å²) >= 11 is 1.55. The molecule has 7 heteroatoms. The van der Waals surface area contributed by atoms with Gasteiger partial charge in [-0.2, -0.15) is 4.98 Å². The van der Waals surface area contributed by atoms with Crippen LogP contribution in [0, 0.1) is 6.92 Å². The highest BCUT2D eigenvalue weighted by molar-refractivity contribution is 7.13. The summed E-state index contributed by atoms with van der Waals surface area (Å²) in [6.07, 6.45) is 0.884. The Morgan fingerprint density at radius 2 is 2.12 bits per heavy atom. The molecule has 0 bridgehead atoms. The van der Waals surface area contributed by atoms with E-state index in [-0.39, 0.29) is 5.56 Å². The molecular formula is C18H16N4O2S. The number of thiophene rings is 1. The number of aromatic nitrogens is 4. The summed E-state index contributed by atoms with van der Waals surface area (Å²) in [6.45, 7) is 4.46. The minimum Gasteiger partial charge on any atom is -0.333 e. The van der Waals surface area contributed by atoms with Crippen LogP contribution in [0.1, 0.15) is 19.0 Å². The Morgan fingerprint density at radius 3 is 2.88 bits per heavy atom. The summed E-state index contributed by atoms with van der Waals surface area (Å²) in [4.78, 5) is 22.2. The predicted molar refractivity (Wildman–Crippen MR) is 97.6 cm³/mol. The van der Waals surface area contributed by atoms with E-state index in [0.717, 1.165) is 27.9 Å². The maximum Gasteiger partial charge on any atom is 0.272 e. The van der Waals surface area contributed by atoms with Crippen molar-refractivity contribution in [1.82, 2.24) is 19.7 Å². The Balaban J connectivity index is 1.82. The first-order valence-corrected chi connectivity index (χ1v) is 8.94. The summed E-state index contributed by atoms with van der Waals surface area (Å²) in [5.41, 5.74) is 2.84. The van der Waals surface area contributed by atoms with Gasteiger partial charge in [-0.15, -0.1) is 11.3 Å². The smallest absolute Gasteiger partial charge is 0.272 e. The van der Waals surface area contributed by atoms with Gasteiger partial charge in [0.25, 0.3) is 11.4 Å². The third kappa shape index (κ3) is 2.76. The zero-order valence-electron chi connectivity index (χ0n) is 13.9. The highest BCUT2D eigenvalue weighted by Gasteiger charge is 2.14. The summed E-state index contributed by atoms with van der Waals surface area (Å²) < 4.78 is 7.13. The second-order valence-electron chi connectivity index (χ2n) is 5.76. The zero-order chi connectivity index (χ0) is 17.4. The van der Waals surface area contributed by atoms with Gasteiger partial charge in [0, 0.05) is 12.1 Å². The summed E-state index contributed by atoms with van der Waals surface area (Å²) in [7, 11) is 0. The molecule has 3 heterocycles. The molecule has 6 nitrogen and oxygen atoms in total. The van der Waals surface area contributed by atoms with E-state index in [9.17, 15) is 4.79 Å². The number of hydrogen-bond donors (Lipinski definition) is 0. The molecule has 0 saturated heterocycles. The quantitative estimate of drug-likeness (QED) is 0.557. The molecule has 1 aromatic carbocycles. The van der Waals surface area contributed by atoms with Gasteiger partial charge in [-0.05, 0) is 43.0 Å². The first-order chi connectivity index (χ1) is 12.2. The van der Waals surface area contributed by atoms with E-state index in [1.807, 2.05) is 42.6 Å². The number of hydrogen-bond acceptors (Lipinski definition) is 6. The number of benzene rings is 1. The molecule has 0 amide bonds. The first kappa shape index (κ1) is 15.7. The highest BCUT2D eigenvalue weighted by atomic mass is 32.1. The molecule has 3 aromatic heterocycles. The summed E-state index contributed by atoms with van der Waals surface area (Å²) in [5, 5.41) is 6.04. The molecule has 0 N–H and O–H groups in total. The first-order valence-electron chi connectivity index (χ1n) is 8.06. The van der Waals surface area contributed by atoms with Crippen LogP contribution in [-0.2, 0) is 6.54 Å².